The molecule has 0 saturated carbocycles. The zero-order valence-corrected chi connectivity index (χ0v) is 38.9. The van der Waals surface area contributed by atoms with Gasteiger partial charge in [-0.1, -0.05) is 78.9 Å². The zero-order chi connectivity index (χ0) is 50.7. The van der Waals surface area contributed by atoms with Crippen LogP contribution in [0.1, 0.15) is 27.8 Å². The number of fused-ring (bicyclic) bond motifs is 6. The summed E-state index contributed by atoms with van der Waals surface area (Å²) in [5.41, 5.74) is 13.6. The molecule has 0 spiro atoms. The Morgan fingerprint density at radius 2 is 0.649 bits per heavy atom. The Bertz CT molecular complexity index is 4190. The highest BCUT2D eigenvalue weighted by atomic mass is 19.4. The summed E-state index contributed by atoms with van der Waals surface area (Å²) >= 11 is 0. The SMILES string of the molecule is N#Cc1ccc(-c2ccc3c(c2)c2cc(-c4ccc(C#N)cc4)ccc2n3-c2cnccc2-c2ccc(C(F)(F)F)cc2-n2c3ccc(-c4ccc(C#N)cc4)cc3c3cc(-c4ccc(C#N)cc4)ccc32)cc1. The topological polar surface area (TPSA) is 118 Å². The van der Waals surface area contributed by atoms with Crippen LogP contribution in [0.3, 0.4) is 0 Å². The van der Waals surface area contributed by atoms with E-state index in [0.29, 0.717) is 55.8 Å². The van der Waals surface area contributed by atoms with E-state index < -0.39 is 11.7 Å². The maximum atomic E-state index is 15.1. The van der Waals surface area contributed by atoms with Crippen LogP contribution in [0.4, 0.5) is 13.2 Å². The second-order valence-electron chi connectivity index (χ2n) is 18.0. The van der Waals surface area contributed by atoms with Crippen molar-refractivity contribution in [3.05, 3.63) is 234 Å². The largest absolute Gasteiger partial charge is 0.416 e. The van der Waals surface area contributed by atoms with E-state index in [2.05, 4.69) is 46.0 Å². The highest BCUT2D eigenvalue weighted by Gasteiger charge is 2.32. The van der Waals surface area contributed by atoms with E-state index in [-0.39, 0.29) is 0 Å². The fraction of sp³-hybridized carbons (Fsp3) is 0.0156. The third kappa shape index (κ3) is 7.65. The summed E-state index contributed by atoms with van der Waals surface area (Å²) in [4.78, 5) is 4.66. The van der Waals surface area contributed by atoms with Crippen molar-refractivity contribution in [1.82, 2.24) is 14.1 Å². The Morgan fingerprint density at radius 3 is 0.973 bits per heavy atom. The first-order valence-corrected chi connectivity index (χ1v) is 23.5. The first-order valence-electron chi connectivity index (χ1n) is 23.5. The van der Waals surface area contributed by atoms with E-state index in [4.69, 9.17) is 0 Å². The molecule has 0 amide bonds. The molecule has 3 heterocycles. The second kappa shape index (κ2) is 17.7. The molecular formula is C64H34F3N7. The van der Waals surface area contributed by atoms with E-state index in [0.717, 1.165) is 83.2 Å². The van der Waals surface area contributed by atoms with Crippen LogP contribution in [0.5, 0.6) is 0 Å². The number of nitriles is 4. The molecule has 10 heteroatoms. The highest BCUT2D eigenvalue weighted by Crippen LogP contribution is 2.45. The van der Waals surface area contributed by atoms with Crippen LogP contribution >= 0.6 is 0 Å². The van der Waals surface area contributed by atoms with E-state index in [1.54, 1.807) is 67.0 Å². The molecule has 0 saturated heterocycles. The highest BCUT2D eigenvalue weighted by molar-refractivity contribution is 6.14. The summed E-state index contributed by atoms with van der Waals surface area (Å²) in [5, 5.41) is 41.5. The zero-order valence-electron chi connectivity index (χ0n) is 38.9. The fourth-order valence-corrected chi connectivity index (χ4v) is 10.1. The van der Waals surface area contributed by atoms with Crippen LogP contribution in [0.25, 0.3) is 111 Å². The molecule has 0 bridgehead atoms. The summed E-state index contributed by atoms with van der Waals surface area (Å²) in [6, 6.07) is 68.1. The summed E-state index contributed by atoms with van der Waals surface area (Å²) in [6.07, 6.45) is -1.27. The van der Waals surface area contributed by atoms with E-state index in [1.807, 2.05) is 120 Å². The number of nitrogens with zero attached hydrogens (tertiary/aromatic N) is 7. The lowest BCUT2D eigenvalue weighted by molar-refractivity contribution is -0.137. The minimum Gasteiger partial charge on any atom is -0.309 e. The maximum Gasteiger partial charge on any atom is 0.416 e. The van der Waals surface area contributed by atoms with Crippen LogP contribution in [0.15, 0.2) is 207 Å². The average Bonchev–Trinajstić information content (AvgIpc) is 3.96. The van der Waals surface area contributed by atoms with Crippen molar-refractivity contribution in [3.8, 4) is 91.3 Å². The van der Waals surface area contributed by atoms with Gasteiger partial charge in [-0.05, 0) is 160 Å². The Morgan fingerprint density at radius 1 is 0.338 bits per heavy atom. The van der Waals surface area contributed by atoms with Gasteiger partial charge in [-0.2, -0.15) is 34.2 Å². The van der Waals surface area contributed by atoms with E-state index in [9.17, 15) is 21.0 Å². The average molecular weight is 958 g/mol. The third-order valence-corrected chi connectivity index (χ3v) is 13.8. The standard InChI is InChI=1S/C64H34F3N7/c65-64(66,67)51-21-22-52(62(33-51)73-58-23-17-47(43-9-1-39(34-68)2-10-43)29-54(58)55-30-48(18-24-59(55)73)44-11-3-40(35-69)4-12-44)53-27-28-72-38-63(53)74-60-25-19-49(45-13-5-41(36-70)6-14-45)31-56(60)57-32-50(20-26-61(57)74)46-15-7-42(37-71)8-16-46/h1-33,38H. The summed E-state index contributed by atoms with van der Waals surface area (Å²) in [7, 11) is 0. The first-order chi connectivity index (χ1) is 36.1. The maximum absolute atomic E-state index is 15.1. The molecule has 0 atom stereocenters. The predicted molar refractivity (Wildman–Crippen MR) is 284 cm³/mol. The monoisotopic (exact) mass is 957 g/mol. The molecule has 0 radical (unpaired) electrons. The van der Waals surface area contributed by atoms with Crippen LogP contribution in [-0.4, -0.2) is 14.1 Å². The van der Waals surface area contributed by atoms with Gasteiger partial charge < -0.3 is 9.13 Å². The Kier molecular flexibility index (Phi) is 10.7. The lowest BCUT2D eigenvalue weighted by Crippen LogP contribution is -2.08. The van der Waals surface area contributed by atoms with Crippen LogP contribution in [0.2, 0.25) is 0 Å². The van der Waals surface area contributed by atoms with Crippen molar-refractivity contribution < 1.29 is 13.2 Å². The van der Waals surface area contributed by atoms with Crippen molar-refractivity contribution >= 4 is 43.6 Å². The Hall–Kier alpha value is -10.5. The van der Waals surface area contributed by atoms with Crippen LogP contribution in [-0.2, 0) is 6.18 Å². The number of benzene rings is 9. The Labute approximate surface area is 422 Å². The molecule has 12 rings (SSSR count). The van der Waals surface area contributed by atoms with Crippen molar-refractivity contribution in [1.29, 1.82) is 21.0 Å². The third-order valence-electron chi connectivity index (χ3n) is 13.8. The number of rotatable bonds is 7. The van der Waals surface area contributed by atoms with Crippen LogP contribution < -0.4 is 0 Å². The first kappa shape index (κ1) is 44.7. The normalized spacial score (nSPS) is 11.4. The van der Waals surface area contributed by atoms with Crippen molar-refractivity contribution in [2.75, 3.05) is 0 Å². The van der Waals surface area contributed by atoms with Crippen molar-refractivity contribution in [2.24, 2.45) is 0 Å². The van der Waals surface area contributed by atoms with Gasteiger partial charge in [-0.15, -0.1) is 0 Å². The number of pyridine rings is 1. The van der Waals surface area contributed by atoms with Crippen molar-refractivity contribution in [2.45, 2.75) is 6.18 Å². The molecule has 0 unspecified atom stereocenters. The fourth-order valence-electron chi connectivity index (χ4n) is 10.1. The van der Waals surface area contributed by atoms with Gasteiger partial charge in [-0.3, -0.25) is 4.98 Å². The Balaban J connectivity index is 1.11. The predicted octanol–water partition coefficient (Wildman–Crippen LogP) is 16.1. The molecular weight excluding hydrogens is 924 g/mol. The molecule has 0 aliphatic carbocycles. The van der Waals surface area contributed by atoms with Gasteiger partial charge in [0.15, 0.2) is 0 Å². The molecule has 3 aromatic heterocycles. The number of hydrogen-bond donors (Lipinski definition) is 0. The number of alkyl halides is 3. The van der Waals surface area contributed by atoms with E-state index in [1.165, 1.54) is 6.07 Å². The second-order valence-corrected chi connectivity index (χ2v) is 18.0. The molecule has 0 N–H and O–H groups in total. The summed E-state index contributed by atoms with van der Waals surface area (Å²) < 4.78 is 49.3. The minimum absolute atomic E-state index is 0.302. The van der Waals surface area contributed by atoms with Crippen LogP contribution in [0, 0.1) is 45.3 Å². The van der Waals surface area contributed by atoms with Gasteiger partial charge in [0.1, 0.15) is 0 Å². The van der Waals surface area contributed by atoms with Crippen molar-refractivity contribution in [3.63, 3.8) is 0 Å². The van der Waals surface area contributed by atoms with Gasteiger partial charge in [0.2, 0.25) is 0 Å². The molecule has 0 aliphatic rings. The van der Waals surface area contributed by atoms with E-state index >= 15 is 13.2 Å². The summed E-state index contributed by atoms with van der Waals surface area (Å²) in [5.74, 6) is 0. The van der Waals surface area contributed by atoms with Gasteiger partial charge in [0.25, 0.3) is 0 Å². The summed E-state index contributed by atoms with van der Waals surface area (Å²) in [6.45, 7) is 0. The van der Waals surface area contributed by atoms with Gasteiger partial charge in [0, 0.05) is 38.9 Å². The van der Waals surface area contributed by atoms with Gasteiger partial charge >= 0.3 is 6.18 Å². The quantitative estimate of drug-likeness (QED) is 0.158. The smallest absolute Gasteiger partial charge is 0.309 e. The molecule has 12 aromatic rings. The molecule has 74 heavy (non-hydrogen) atoms. The lowest BCUT2D eigenvalue weighted by Gasteiger charge is -2.20. The number of halogens is 3. The molecule has 0 fully saturated rings. The minimum atomic E-state index is -4.68. The number of aromatic nitrogens is 3. The molecule has 0 aliphatic heterocycles. The lowest BCUT2D eigenvalue weighted by atomic mass is 9.99. The molecule has 346 valence electrons. The molecule has 7 nitrogen and oxygen atoms in total. The van der Waals surface area contributed by atoms with Gasteiger partial charge in [0.05, 0.1) is 91.7 Å². The van der Waals surface area contributed by atoms with Gasteiger partial charge in [-0.25, -0.2) is 0 Å². The molecule has 9 aromatic carbocycles. The number of hydrogen-bond acceptors (Lipinski definition) is 5.